The average molecular weight is 383 g/mol. The van der Waals surface area contributed by atoms with Gasteiger partial charge in [0.2, 0.25) is 17.7 Å². The first-order valence-corrected chi connectivity index (χ1v) is 9.31. The van der Waals surface area contributed by atoms with Crippen LogP contribution in [0.1, 0.15) is 29.8 Å². The molecular weight excluding hydrogens is 358 g/mol. The van der Waals surface area contributed by atoms with Crippen LogP contribution in [0.5, 0.6) is 0 Å². The molecule has 28 heavy (non-hydrogen) atoms. The zero-order valence-electron chi connectivity index (χ0n) is 16.4. The molecule has 3 rings (SSSR count). The van der Waals surface area contributed by atoms with Crippen LogP contribution in [0, 0.1) is 13.8 Å². The van der Waals surface area contributed by atoms with Crippen molar-refractivity contribution in [1.82, 2.24) is 15.1 Å². The minimum Gasteiger partial charge on any atom is -0.347 e. The topological polar surface area (TPSA) is 96.3 Å². The number of rotatable bonds is 6. The van der Waals surface area contributed by atoms with Crippen molar-refractivity contribution < 1.29 is 14.4 Å². The van der Waals surface area contributed by atoms with E-state index in [1.165, 1.54) is 0 Å². The van der Waals surface area contributed by atoms with E-state index < -0.39 is 0 Å². The molecular formula is C20H25N5O3. The normalized spacial score (nSPS) is 13.7. The van der Waals surface area contributed by atoms with Crippen LogP contribution in [-0.2, 0) is 27.9 Å². The molecule has 0 bridgehead atoms. The summed E-state index contributed by atoms with van der Waals surface area (Å²) >= 11 is 0. The molecule has 0 aliphatic carbocycles. The predicted octanol–water partition coefficient (Wildman–Crippen LogP) is 1.46. The van der Waals surface area contributed by atoms with Crippen molar-refractivity contribution in [1.29, 1.82) is 0 Å². The van der Waals surface area contributed by atoms with Gasteiger partial charge in [-0.25, -0.2) is 0 Å². The molecule has 1 aliphatic rings. The largest absolute Gasteiger partial charge is 0.347 e. The summed E-state index contributed by atoms with van der Waals surface area (Å²) in [7, 11) is 1.81. The Morgan fingerprint density at radius 3 is 2.43 bits per heavy atom. The molecule has 0 spiro atoms. The molecule has 1 aromatic heterocycles. The number of benzene rings is 1. The quantitative estimate of drug-likeness (QED) is 0.789. The van der Waals surface area contributed by atoms with E-state index in [-0.39, 0.29) is 30.7 Å². The van der Waals surface area contributed by atoms with Crippen LogP contribution in [0.4, 0.5) is 11.4 Å². The molecule has 1 saturated heterocycles. The van der Waals surface area contributed by atoms with Crippen molar-refractivity contribution in [2.45, 2.75) is 33.1 Å². The lowest BCUT2D eigenvalue weighted by Gasteiger charge is -2.15. The Kier molecular flexibility index (Phi) is 5.77. The minimum atomic E-state index is -0.296. The van der Waals surface area contributed by atoms with Crippen molar-refractivity contribution in [2.75, 3.05) is 23.3 Å². The van der Waals surface area contributed by atoms with Crippen LogP contribution in [0.25, 0.3) is 0 Å². The Morgan fingerprint density at radius 1 is 1.14 bits per heavy atom. The fourth-order valence-electron chi connectivity index (χ4n) is 3.28. The lowest BCUT2D eigenvalue weighted by molar-refractivity contribution is -0.123. The maximum Gasteiger partial charge on any atom is 0.243 e. The van der Waals surface area contributed by atoms with Gasteiger partial charge in [0.25, 0.3) is 0 Å². The Hall–Kier alpha value is -3.16. The van der Waals surface area contributed by atoms with Crippen molar-refractivity contribution in [3.8, 4) is 0 Å². The third-order valence-electron chi connectivity index (χ3n) is 4.91. The number of aromatic nitrogens is 2. The zero-order chi connectivity index (χ0) is 20.3. The smallest absolute Gasteiger partial charge is 0.243 e. The van der Waals surface area contributed by atoms with E-state index in [0.29, 0.717) is 12.1 Å². The van der Waals surface area contributed by atoms with Gasteiger partial charge in [0.05, 0.1) is 30.0 Å². The second kappa shape index (κ2) is 8.24. The number of hydrogen-bond acceptors (Lipinski definition) is 4. The molecule has 148 valence electrons. The van der Waals surface area contributed by atoms with Crippen LogP contribution in [0.2, 0.25) is 0 Å². The molecule has 1 fully saturated rings. The highest BCUT2D eigenvalue weighted by molar-refractivity contribution is 5.96. The fraction of sp³-hybridized carbons (Fsp3) is 0.400. The Bertz CT molecular complexity index is 901. The number of carbonyl (C=O) groups excluding carboxylic acids is 3. The summed E-state index contributed by atoms with van der Waals surface area (Å²) in [5.74, 6) is -0.397. The maximum atomic E-state index is 12.1. The Morgan fingerprint density at radius 2 is 1.86 bits per heavy atom. The van der Waals surface area contributed by atoms with Gasteiger partial charge in [-0.1, -0.05) is 12.1 Å². The van der Waals surface area contributed by atoms with E-state index in [1.807, 2.05) is 45.2 Å². The van der Waals surface area contributed by atoms with Crippen LogP contribution < -0.4 is 15.5 Å². The van der Waals surface area contributed by atoms with E-state index in [4.69, 9.17) is 0 Å². The first-order chi connectivity index (χ1) is 13.3. The van der Waals surface area contributed by atoms with Crippen LogP contribution in [0.15, 0.2) is 24.3 Å². The highest BCUT2D eigenvalue weighted by atomic mass is 16.2. The molecule has 8 heteroatoms. The molecule has 2 aromatic rings. The van der Waals surface area contributed by atoms with Crippen LogP contribution in [0.3, 0.4) is 0 Å². The van der Waals surface area contributed by atoms with Gasteiger partial charge in [0, 0.05) is 25.7 Å². The summed E-state index contributed by atoms with van der Waals surface area (Å²) in [6.45, 7) is 4.32. The van der Waals surface area contributed by atoms with Gasteiger partial charge in [-0.3, -0.25) is 19.1 Å². The Labute approximate surface area is 163 Å². The van der Waals surface area contributed by atoms with Gasteiger partial charge in [-0.05, 0) is 38.0 Å². The van der Waals surface area contributed by atoms with Gasteiger partial charge in [-0.15, -0.1) is 0 Å². The van der Waals surface area contributed by atoms with Gasteiger partial charge in [0.15, 0.2) is 0 Å². The lowest BCUT2D eigenvalue weighted by Crippen LogP contribution is -2.34. The number of carbonyl (C=O) groups is 3. The van der Waals surface area contributed by atoms with E-state index in [2.05, 4.69) is 15.7 Å². The maximum absolute atomic E-state index is 12.1. The molecule has 1 aromatic carbocycles. The number of nitrogens with zero attached hydrogens (tertiary/aromatic N) is 3. The summed E-state index contributed by atoms with van der Waals surface area (Å²) in [4.78, 5) is 37.8. The summed E-state index contributed by atoms with van der Waals surface area (Å²) in [5.41, 5.74) is 3.94. The fourth-order valence-corrected chi connectivity index (χ4v) is 3.28. The lowest BCUT2D eigenvalue weighted by atomic mass is 10.1. The van der Waals surface area contributed by atoms with Gasteiger partial charge in [-0.2, -0.15) is 5.10 Å². The van der Waals surface area contributed by atoms with E-state index in [1.54, 1.807) is 9.58 Å². The minimum absolute atomic E-state index is 0.104. The van der Waals surface area contributed by atoms with Crippen molar-refractivity contribution >= 4 is 29.1 Å². The van der Waals surface area contributed by atoms with Gasteiger partial charge >= 0.3 is 0 Å². The monoisotopic (exact) mass is 383 g/mol. The van der Waals surface area contributed by atoms with E-state index in [0.717, 1.165) is 35.6 Å². The highest BCUT2D eigenvalue weighted by Gasteiger charge is 2.21. The molecule has 2 heterocycles. The van der Waals surface area contributed by atoms with Gasteiger partial charge < -0.3 is 15.5 Å². The molecule has 3 amide bonds. The van der Waals surface area contributed by atoms with Crippen LogP contribution in [-0.4, -0.2) is 40.6 Å². The molecule has 0 atom stereocenters. The standard InChI is InChI=1S/C20H25N5O3/c1-13-20(14(2)24(3)23-13)22-18(27)12-21-17(26)11-15-6-8-16(9-7-15)25-10-4-5-19(25)28/h6-9H,4-5,10-12H2,1-3H3,(H,21,26)(H,22,27). The van der Waals surface area contributed by atoms with Gasteiger partial charge in [0.1, 0.15) is 0 Å². The molecule has 1 aliphatic heterocycles. The van der Waals surface area contributed by atoms with Crippen LogP contribution >= 0.6 is 0 Å². The van der Waals surface area contributed by atoms with Crippen molar-refractivity contribution in [3.63, 3.8) is 0 Å². The number of nitrogens with one attached hydrogen (secondary N) is 2. The third kappa shape index (κ3) is 4.39. The molecule has 2 N–H and O–H groups in total. The first kappa shape index (κ1) is 19.6. The number of anilines is 2. The highest BCUT2D eigenvalue weighted by Crippen LogP contribution is 2.21. The summed E-state index contributed by atoms with van der Waals surface area (Å²) in [6, 6.07) is 7.38. The second-order valence-corrected chi connectivity index (χ2v) is 6.99. The molecule has 8 nitrogen and oxygen atoms in total. The second-order valence-electron chi connectivity index (χ2n) is 6.99. The number of hydrogen-bond donors (Lipinski definition) is 2. The Balaban J connectivity index is 1.48. The molecule has 0 unspecified atom stereocenters. The van der Waals surface area contributed by atoms with E-state index >= 15 is 0 Å². The first-order valence-electron chi connectivity index (χ1n) is 9.31. The number of aryl methyl sites for hydroxylation is 2. The van der Waals surface area contributed by atoms with Crippen molar-refractivity contribution in [2.24, 2.45) is 7.05 Å². The average Bonchev–Trinajstić information content (AvgIpc) is 3.19. The SMILES string of the molecule is Cc1nn(C)c(C)c1NC(=O)CNC(=O)Cc1ccc(N2CCCC2=O)cc1. The summed E-state index contributed by atoms with van der Waals surface area (Å²) in [6.07, 6.45) is 1.64. The molecule has 0 radical (unpaired) electrons. The summed E-state index contributed by atoms with van der Waals surface area (Å²) < 4.78 is 1.70. The van der Waals surface area contributed by atoms with E-state index in [9.17, 15) is 14.4 Å². The third-order valence-corrected chi connectivity index (χ3v) is 4.91. The summed E-state index contributed by atoms with van der Waals surface area (Å²) in [5, 5.41) is 9.66. The van der Waals surface area contributed by atoms with Crippen molar-refractivity contribution in [3.05, 3.63) is 41.2 Å². The molecule has 0 saturated carbocycles. The number of amides is 3. The predicted molar refractivity (Wildman–Crippen MR) is 106 cm³/mol. The zero-order valence-corrected chi connectivity index (χ0v) is 16.4.